The summed E-state index contributed by atoms with van der Waals surface area (Å²) in [7, 11) is -1.08. The van der Waals surface area contributed by atoms with Crippen molar-refractivity contribution in [2.75, 3.05) is 0 Å². The van der Waals surface area contributed by atoms with Gasteiger partial charge in [0.15, 0.2) is 0 Å². The third-order valence-corrected chi connectivity index (χ3v) is 4.74. The lowest BCUT2D eigenvalue weighted by Gasteiger charge is -2.22. The summed E-state index contributed by atoms with van der Waals surface area (Å²) in [5.74, 6) is 0. The minimum atomic E-state index is -1.08. The molecule has 0 saturated heterocycles. The maximum Gasteiger partial charge on any atom is 0.102 e. The molecule has 0 unspecified atom stereocenters. The van der Waals surface area contributed by atoms with Crippen LogP contribution in [0.5, 0.6) is 0 Å². The molecule has 1 nitrogen and oxygen atoms in total. The Bertz CT molecular complexity index is 417. The summed E-state index contributed by atoms with van der Waals surface area (Å²) < 4.78 is 5.67. The van der Waals surface area contributed by atoms with Gasteiger partial charge in [-0.2, -0.15) is 0 Å². The fourth-order valence-electron chi connectivity index (χ4n) is 2.47. The Morgan fingerprint density at radius 1 is 1.25 bits per heavy atom. The van der Waals surface area contributed by atoms with Crippen LogP contribution in [-0.4, -0.2) is 14.2 Å². The summed E-state index contributed by atoms with van der Waals surface area (Å²) in [6.07, 6.45) is 4.78. The zero-order valence-corrected chi connectivity index (χ0v) is 14.2. The monoisotopic (exact) mass is 288 g/mol. The van der Waals surface area contributed by atoms with Crippen molar-refractivity contribution in [3.63, 3.8) is 0 Å². The molecule has 0 amide bonds. The molecule has 0 aliphatic rings. The molecule has 1 aromatic rings. The van der Waals surface area contributed by atoms with Crippen LogP contribution in [-0.2, 0) is 11.2 Å². The maximum atomic E-state index is 5.67. The molecule has 0 aromatic heterocycles. The molecule has 1 rings (SSSR count). The molecule has 1 aromatic carbocycles. The van der Waals surface area contributed by atoms with Crippen LogP contribution in [0.4, 0.5) is 0 Å². The van der Waals surface area contributed by atoms with Gasteiger partial charge in [-0.1, -0.05) is 62.1 Å². The van der Waals surface area contributed by atoms with Crippen LogP contribution >= 0.6 is 0 Å². The second-order valence-electron chi connectivity index (χ2n) is 6.64. The van der Waals surface area contributed by atoms with E-state index in [9.17, 15) is 0 Å². The molecule has 0 radical (unpaired) electrons. The molecule has 0 spiro atoms. The minimum Gasteiger partial charge on any atom is -0.498 e. The predicted molar refractivity (Wildman–Crippen MR) is 91.7 cm³/mol. The summed E-state index contributed by atoms with van der Waals surface area (Å²) in [5.41, 5.74) is 2.69. The first-order valence-corrected chi connectivity index (χ1v) is 11.1. The van der Waals surface area contributed by atoms with Gasteiger partial charge in [0.1, 0.15) is 6.10 Å². The largest absolute Gasteiger partial charge is 0.498 e. The van der Waals surface area contributed by atoms with Crippen molar-refractivity contribution in [3.05, 3.63) is 60.9 Å². The lowest BCUT2D eigenvalue weighted by molar-refractivity contribution is 0.137. The fourth-order valence-corrected chi connectivity index (χ4v) is 4.12. The van der Waals surface area contributed by atoms with Crippen molar-refractivity contribution >= 4 is 8.07 Å². The third-order valence-electron chi connectivity index (χ3n) is 3.18. The average Bonchev–Trinajstić information content (AvgIpc) is 2.35. The van der Waals surface area contributed by atoms with Gasteiger partial charge in [0.2, 0.25) is 0 Å². The molecular formula is C18H28OSi. The van der Waals surface area contributed by atoms with Gasteiger partial charge in [-0.05, 0) is 24.4 Å². The first-order valence-electron chi connectivity index (χ1n) is 7.37. The van der Waals surface area contributed by atoms with Crippen molar-refractivity contribution in [2.45, 2.75) is 51.1 Å². The Labute approximate surface area is 125 Å². The van der Waals surface area contributed by atoms with Gasteiger partial charge in [-0.25, -0.2) is 0 Å². The highest BCUT2D eigenvalue weighted by Crippen LogP contribution is 2.22. The van der Waals surface area contributed by atoms with Crippen molar-refractivity contribution in [3.8, 4) is 0 Å². The van der Waals surface area contributed by atoms with Crippen molar-refractivity contribution in [1.29, 1.82) is 0 Å². The number of hydrogen-bond donors (Lipinski definition) is 0. The van der Waals surface area contributed by atoms with Gasteiger partial charge in [-0.3, -0.25) is 0 Å². The smallest absolute Gasteiger partial charge is 0.102 e. The molecule has 20 heavy (non-hydrogen) atoms. The lowest BCUT2D eigenvalue weighted by Crippen LogP contribution is -2.21. The van der Waals surface area contributed by atoms with Gasteiger partial charge < -0.3 is 4.74 Å². The number of benzene rings is 1. The number of ether oxygens (including phenoxy) is 1. The quantitative estimate of drug-likeness (QED) is 0.334. The molecule has 2 heteroatoms. The van der Waals surface area contributed by atoms with E-state index in [2.05, 4.69) is 63.1 Å². The highest BCUT2D eigenvalue weighted by molar-refractivity contribution is 6.76. The third kappa shape index (κ3) is 7.34. The van der Waals surface area contributed by atoms with E-state index in [1.807, 2.05) is 0 Å². The first kappa shape index (κ1) is 16.8. The molecule has 0 heterocycles. The second-order valence-corrected chi connectivity index (χ2v) is 12.1. The topological polar surface area (TPSA) is 9.23 Å². The Morgan fingerprint density at radius 2 is 1.90 bits per heavy atom. The summed E-state index contributed by atoms with van der Waals surface area (Å²) in [4.78, 5) is 0. The maximum absolute atomic E-state index is 5.67. The number of rotatable bonds is 9. The molecule has 0 saturated carbocycles. The van der Waals surface area contributed by atoms with E-state index in [0.717, 1.165) is 19.3 Å². The van der Waals surface area contributed by atoms with Crippen molar-refractivity contribution < 1.29 is 4.74 Å². The highest BCUT2D eigenvalue weighted by atomic mass is 28.3. The van der Waals surface area contributed by atoms with E-state index in [0.29, 0.717) is 0 Å². The van der Waals surface area contributed by atoms with Crippen LogP contribution in [0, 0.1) is 0 Å². The summed E-state index contributed by atoms with van der Waals surface area (Å²) in [5, 5.41) is 0. The van der Waals surface area contributed by atoms with Gasteiger partial charge in [0, 0.05) is 14.5 Å². The molecule has 110 valence electrons. The molecule has 1 atom stereocenters. The first-order chi connectivity index (χ1) is 9.40. The molecule has 0 N–H and O–H groups in total. The lowest BCUT2D eigenvalue weighted by atomic mass is 10.0. The Kier molecular flexibility index (Phi) is 6.80. The van der Waals surface area contributed by atoms with Gasteiger partial charge in [0.25, 0.3) is 0 Å². The molecule has 0 bridgehead atoms. The molecule has 0 fully saturated rings. The summed E-state index contributed by atoms with van der Waals surface area (Å²) in [6.45, 7) is 15.1. The predicted octanol–water partition coefficient (Wildman–Crippen LogP) is 5.43. The van der Waals surface area contributed by atoms with Crippen LogP contribution in [0.15, 0.2) is 55.3 Å². The van der Waals surface area contributed by atoms with E-state index < -0.39 is 8.07 Å². The average molecular weight is 289 g/mol. The fraction of sp³-hybridized carbons (Fsp3) is 0.444. The highest BCUT2D eigenvalue weighted by Gasteiger charge is 2.17. The normalized spacial score (nSPS) is 12.8. The van der Waals surface area contributed by atoms with Crippen LogP contribution < -0.4 is 0 Å². The molecule has 0 aliphatic carbocycles. The SMILES string of the molecule is C=CO[C@@H](CCc1ccccc1)CC(=C)C[Si](C)(C)C. The Hall–Kier alpha value is -1.28. The Morgan fingerprint density at radius 3 is 2.45 bits per heavy atom. The van der Waals surface area contributed by atoms with Crippen LogP contribution in [0.1, 0.15) is 18.4 Å². The minimum absolute atomic E-state index is 0.205. The summed E-state index contributed by atoms with van der Waals surface area (Å²) >= 11 is 0. The Balaban J connectivity index is 2.48. The molecular weight excluding hydrogens is 260 g/mol. The van der Waals surface area contributed by atoms with E-state index in [-0.39, 0.29) is 6.10 Å². The summed E-state index contributed by atoms with van der Waals surface area (Å²) in [6, 6.07) is 11.7. The van der Waals surface area contributed by atoms with E-state index in [4.69, 9.17) is 4.74 Å². The van der Waals surface area contributed by atoms with Crippen molar-refractivity contribution in [1.82, 2.24) is 0 Å². The van der Waals surface area contributed by atoms with E-state index in [1.165, 1.54) is 17.2 Å². The van der Waals surface area contributed by atoms with Crippen molar-refractivity contribution in [2.24, 2.45) is 0 Å². The number of aryl methyl sites for hydroxylation is 1. The zero-order valence-electron chi connectivity index (χ0n) is 13.2. The van der Waals surface area contributed by atoms with Gasteiger partial charge >= 0.3 is 0 Å². The van der Waals surface area contributed by atoms with E-state index in [1.54, 1.807) is 6.26 Å². The number of hydrogen-bond acceptors (Lipinski definition) is 1. The second kappa shape index (κ2) is 8.10. The van der Waals surface area contributed by atoms with Crippen LogP contribution in [0.25, 0.3) is 0 Å². The van der Waals surface area contributed by atoms with Crippen LogP contribution in [0.2, 0.25) is 25.7 Å². The zero-order chi connectivity index (χ0) is 15.0. The van der Waals surface area contributed by atoms with Gasteiger partial charge in [0.05, 0.1) is 6.26 Å². The van der Waals surface area contributed by atoms with Gasteiger partial charge in [-0.15, -0.1) is 6.58 Å². The molecule has 0 aliphatic heterocycles. The van der Waals surface area contributed by atoms with Crippen LogP contribution in [0.3, 0.4) is 0 Å². The standard InChI is InChI=1S/C18H28OSi/c1-6-19-18(14-16(2)15-20(3,4)5)13-12-17-10-8-7-9-11-17/h6-11,18H,1-2,12-15H2,3-5H3/t18-/m0/s1. The van der Waals surface area contributed by atoms with E-state index >= 15 is 0 Å².